The van der Waals surface area contributed by atoms with E-state index < -0.39 is 0 Å². The van der Waals surface area contributed by atoms with Crippen LogP contribution in [0.15, 0.2) is 24.3 Å². The lowest BCUT2D eigenvalue weighted by atomic mass is 10.1. The van der Waals surface area contributed by atoms with Crippen molar-refractivity contribution < 1.29 is 9.53 Å². The maximum atomic E-state index is 12.5. The zero-order valence-electron chi connectivity index (χ0n) is 10.7. The Morgan fingerprint density at radius 1 is 1.50 bits per heavy atom. The Bertz CT molecular complexity index is 436. The van der Waals surface area contributed by atoms with Crippen LogP contribution < -0.4 is 0 Å². The number of ether oxygens (including phenoxy) is 1. The highest BCUT2D eigenvalue weighted by Gasteiger charge is 2.28. The van der Waals surface area contributed by atoms with Gasteiger partial charge >= 0.3 is 0 Å². The molecule has 1 aliphatic rings. The van der Waals surface area contributed by atoms with Gasteiger partial charge in [-0.15, -0.1) is 11.6 Å². The van der Waals surface area contributed by atoms with Crippen molar-refractivity contribution in [3.8, 4) is 0 Å². The number of rotatable bonds is 2. The van der Waals surface area contributed by atoms with Crippen molar-refractivity contribution >= 4 is 17.5 Å². The minimum atomic E-state index is 0.0598. The molecule has 0 aromatic heterocycles. The van der Waals surface area contributed by atoms with E-state index >= 15 is 0 Å². The van der Waals surface area contributed by atoms with Crippen molar-refractivity contribution in [1.29, 1.82) is 0 Å². The van der Waals surface area contributed by atoms with Gasteiger partial charge in [-0.05, 0) is 31.5 Å². The first-order valence-corrected chi connectivity index (χ1v) is 6.72. The number of amides is 1. The van der Waals surface area contributed by atoms with E-state index in [-0.39, 0.29) is 18.1 Å². The second kappa shape index (κ2) is 5.72. The molecule has 1 aromatic carbocycles. The van der Waals surface area contributed by atoms with E-state index in [0.29, 0.717) is 24.6 Å². The van der Waals surface area contributed by atoms with Crippen molar-refractivity contribution in [2.75, 3.05) is 13.2 Å². The van der Waals surface area contributed by atoms with Crippen molar-refractivity contribution in [2.45, 2.75) is 31.9 Å². The molecule has 0 radical (unpaired) electrons. The van der Waals surface area contributed by atoms with Gasteiger partial charge in [0.15, 0.2) is 0 Å². The maximum Gasteiger partial charge on any atom is 0.254 e. The second-order valence-corrected chi connectivity index (χ2v) is 5.05. The highest BCUT2D eigenvalue weighted by molar-refractivity contribution is 6.17. The summed E-state index contributed by atoms with van der Waals surface area (Å²) < 4.78 is 5.54. The van der Waals surface area contributed by atoms with E-state index in [1.165, 1.54) is 0 Å². The van der Waals surface area contributed by atoms with Crippen LogP contribution in [0, 0.1) is 0 Å². The molecule has 0 saturated carbocycles. The molecule has 4 heteroatoms. The van der Waals surface area contributed by atoms with Gasteiger partial charge < -0.3 is 9.64 Å². The smallest absolute Gasteiger partial charge is 0.254 e. The number of nitrogens with zero attached hydrogens (tertiary/aromatic N) is 1. The molecule has 1 aromatic rings. The number of halogens is 1. The molecule has 1 amide bonds. The van der Waals surface area contributed by atoms with Crippen molar-refractivity contribution in [3.63, 3.8) is 0 Å². The number of carbonyl (C=O) groups excluding carboxylic acids is 1. The van der Waals surface area contributed by atoms with Gasteiger partial charge in [-0.1, -0.05) is 12.1 Å². The average molecular weight is 268 g/mol. The summed E-state index contributed by atoms with van der Waals surface area (Å²) in [5, 5.41) is 0. The zero-order valence-corrected chi connectivity index (χ0v) is 11.5. The summed E-state index contributed by atoms with van der Waals surface area (Å²) in [7, 11) is 0. The molecule has 0 bridgehead atoms. The summed E-state index contributed by atoms with van der Waals surface area (Å²) in [5.41, 5.74) is 1.67. The molecule has 1 aliphatic heterocycles. The van der Waals surface area contributed by atoms with Gasteiger partial charge in [-0.25, -0.2) is 0 Å². The van der Waals surface area contributed by atoms with Crippen LogP contribution in [-0.2, 0) is 10.6 Å². The molecule has 2 rings (SSSR count). The second-order valence-electron chi connectivity index (χ2n) is 4.78. The monoisotopic (exact) mass is 267 g/mol. The summed E-state index contributed by atoms with van der Waals surface area (Å²) in [5.74, 6) is 0.487. The van der Waals surface area contributed by atoms with Gasteiger partial charge in [0.1, 0.15) is 0 Å². The SMILES string of the molecule is CC1CN(C(=O)c2cccc(CCl)c2)C(C)CO1. The Labute approximate surface area is 113 Å². The molecule has 0 N–H and O–H groups in total. The third-order valence-corrected chi connectivity index (χ3v) is 3.51. The largest absolute Gasteiger partial charge is 0.375 e. The Morgan fingerprint density at radius 2 is 2.28 bits per heavy atom. The quantitative estimate of drug-likeness (QED) is 0.771. The van der Waals surface area contributed by atoms with Crippen molar-refractivity contribution in [1.82, 2.24) is 4.90 Å². The van der Waals surface area contributed by atoms with Crippen LogP contribution in [0.2, 0.25) is 0 Å². The summed E-state index contributed by atoms with van der Waals surface area (Å²) in [6, 6.07) is 7.62. The third kappa shape index (κ3) is 2.85. The molecule has 0 aliphatic carbocycles. The normalized spacial score (nSPS) is 24.1. The molecule has 2 unspecified atom stereocenters. The molecule has 18 heavy (non-hydrogen) atoms. The van der Waals surface area contributed by atoms with Crippen LogP contribution in [0.4, 0.5) is 0 Å². The van der Waals surface area contributed by atoms with Gasteiger partial charge in [0.05, 0.1) is 18.8 Å². The van der Waals surface area contributed by atoms with Crippen LogP contribution in [0.1, 0.15) is 29.8 Å². The van der Waals surface area contributed by atoms with E-state index in [2.05, 4.69) is 0 Å². The van der Waals surface area contributed by atoms with Gasteiger partial charge in [0.25, 0.3) is 5.91 Å². The van der Waals surface area contributed by atoms with Crippen molar-refractivity contribution in [2.24, 2.45) is 0 Å². The fraction of sp³-hybridized carbons (Fsp3) is 0.500. The summed E-state index contributed by atoms with van der Waals surface area (Å²) in [6.45, 7) is 5.24. The Kier molecular flexibility index (Phi) is 4.25. The predicted octanol–water partition coefficient (Wildman–Crippen LogP) is 2.67. The number of alkyl halides is 1. The lowest BCUT2D eigenvalue weighted by Gasteiger charge is -2.36. The molecule has 1 saturated heterocycles. The van der Waals surface area contributed by atoms with E-state index in [0.717, 1.165) is 5.56 Å². The van der Waals surface area contributed by atoms with Crippen LogP contribution in [0.5, 0.6) is 0 Å². The highest BCUT2D eigenvalue weighted by Crippen LogP contribution is 2.16. The van der Waals surface area contributed by atoms with Crippen LogP contribution in [-0.4, -0.2) is 36.1 Å². The minimum absolute atomic E-state index is 0.0598. The molecule has 3 nitrogen and oxygen atoms in total. The number of benzene rings is 1. The Morgan fingerprint density at radius 3 is 3.00 bits per heavy atom. The lowest BCUT2D eigenvalue weighted by Crippen LogP contribution is -2.50. The van der Waals surface area contributed by atoms with E-state index in [1.54, 1.807) is 0 Å². The number of hydrogen-bond acceptors (Lipinski definition) is 2. The van der Waals surface area contributed by atoms with Gasteiger partial charge in [0.2, 0.25) is 0 Å². The maximum absolute atomic E-state index is 12.5. The first kappa shape index (κ1) is 13.4. The molecular weight excluding hydrogens is 250 g/mol. The Hall–Kier alpha value is -1.06. The molecule has 1 fully saturated rings. The van der Waals surface area contributed by atoms with Gasteiger partial charge in [-0.2, -0.15) is 0 Å². The van der Waals surface area contributed by atoms with Crippen molar-refractivity contribution in [3.05, 3.63) is 35.4 Å². The average Bonchev–Trinajstić information content (AvgIpc) is 2.41. The standard InChI is InChI=1S/C14H18ClNO2/c1-10-9-18-11(2)8-16(10)14(17)13-5-3-4-12(6-13)7-15/h3-6,10-11H,7-9H2,1-2H3. The van der Waals surface area contributed by atoms with E-state index in [4.69, 9.17) is 16.3 Å². The topological polar surface area (TPSA) is 29.5 Å². The molecular formula is C14H18ClNO2. The van der Waals surface area contributed by atoms with E-state index in [1.807, 2.05) is 43.0 Å². The van der Waals surface area contributed by atoms with Gasteiger partial charge in [0, 0.05) is 18.0 Å². The lowest BCUT2D eigenvalue weighted by molar-refractivity contribution is -0.0387. The number of hydrogen-bond donors (Lipinski definition) is 0. The van der Waals surface area contributed by atoms with E-state index in [9.17, 15) is 4.79 Å². The van der Waals surface area contributed by atoms with Crippen LogP contribution in [0.25, 0.3) is 0 Å². The number of morpholine rings is 1. The molecule has 1 heterocycles. The summed E-state index contributed by atoms with van der Waals surface area (Å²) in [6.07, 6.45) is 0.0985. The van der Waals surface area contributed by atoms with Crippen LogP contribution in [0.3, 0.4) is 0 Å². The first-order valence-electron chi connectivity index (χ1n) is 6.19. The zero-order chi connectivity index (χ0) is 13.1. The third-order valence-electron chi connectivity index (χ3n) is 3.20. The van der Waals surface area contributed by atoms with Gasteiger partial charge in [-0.3, -0.25) is 4.79 Å². The highest BCUT2D eigenvalue weighted by atomic mass is 35.5. The first-order chi connectivity index (χ1) is 8.61. The number of carbonyl (C=O) groups is 1. The molecule has 98 valence electrons. The Balaban J connectivity index is 2.18. The fourth-order valence-electron chi connectivity index (χ4n) is 2.14. The summed E-state index contributed by atoms with van der Waals surface area (Å²) in [4.78, 5) is 14.3. The summed E-state index contributed by atoms with van der Waals surface area (Å²) >= 11 is 5.80. The molecule has 0 spiro atoms. The fourth-order valence-corrected chi connectivity index (χ4v) is 2.31. The predicted molar refractivity (Wildman–Crippen MR) is 71.9 cm³/mol. The minimum Gasteiger partial charge on any atom is -0.375 e. The molecule has 2 atom stereocenters. The van der Waals surface area contributed by atoms with Crippen LogP contribution >= 0.6 is 11.6 Å².